The predicted octanol–water partition coefficient (Wildman–Crippen LogP) is 2.30. The van der Waals surface area contributed by atoms with Crippen LogP contribution in [-0.4, -0.2) is 35.2 Å². The highest BCUT2D eigenvalue weighted by Crippen LogP contribution is 2.23. The van der Waals surface area contributed by atoms with E-state index < -0.39 is 0 Å². The molecule has 0 spiro atoms. The Kier molecular flexibility index (Phi) is 5.18. The molecule has 0 unspecified atom stereocenters. The maximum Gasteiger partial charge on any atom is 0.322 e. The number of methoxy groups -OCH3 is 1. The van der Waals surface area contributed by atoms with Gasteiger partial charge in [0.2, 0.25) is 11.9 Å². The minimum Gasteiger partial charge on any atom is -0.467 e. The number of anilines is 2. The van der Waals surface area contributed by atoms with Crippen molar-refractivity contribution in [3.05, 3.63) is 0 Å². The summed E-state index contributed by atoms with van der Waals surface area (Å²) in [5.41, 5.74) is 0. The summed E-state index contributed by atoms with van der Waals surface area (Å²) < 4.78 is 5.09. The number of aromatic nitrogens is 3. The molecule has 1 aliphatic rings. The van der Waals surface area contributed by atoms with E-state index in [1.807, 2.05) is 6.92 Å². The summed E-state index contributed by atoms with van der Waals surface area (Å²) in [6.45, 7) is 3.71. The van der Waals surface area contributed by atoms with Crippen molar-refractivity contribution in [3.63, 3.8) is 0 Å². The minimum absolute atomic E-state index is 0.345. The summed E-state index contributed by atoms with van der Waals surface area (Å²) in [7, 11) is 1.57. The van der Waals surface area contributed by atoms with Crippen LogP contribution in [0.15, 0.2) is 0 Å². The van der Waals surface area contributed by atoms with Gasteiger partial charge in [-0.1, -0.05) is 19.3 Å². The highest BCUT2D eigenvalue weighted by atomic mass is 16.5. The zero-order chi connectivity index (χ0) is 13.5. The molecular formula is C13H23N5O. The Morgan fingerprint density at radius 3 is 2.37 bits per heavy atom. The van der Waals surface area contributed by atoms with Crippen molar-refractivity contribution in [2.24, 2.45) is 5.92 Å². The number of nitrogens with one attached hydrogen (secondary N) is 2. The van der Waals surface area contributed by atoms with Gasteiger partial charge in [-0.15, -0.1) is 0 Å². The molecule has 0 bridgehead atoms. The van der Waals surface area contributed by atoms with E-state index >= 15 is 0 Å². The molecule has 0 aliphatic heterocycles. The van der Waals surface area contributed by atoms with E-state index in [1.54, 1.807) is 7.11 Å². The second-order valence-corrected chi connectivity index (χ2v) is 4.88. The Labute approximate surface area is 114 Å². The summed E-state index contributed by atoms with van der Waals surface area (Å²) in [6, 6.07) is 0.345. The van der Waals surface area contributed by atoms with E-state index in [9.17, 15) is 0 Å². The van der Waals surface area contributed by atoms with Gasteiger partial charge in [0.05, 0.1) is 7.11 Å². The van der Waals surface area contributed by atoms with Gasteiger partial charge in [-0.2, -0.15) is 15.0 Å². The van der Waals surface area contributed by atoms with Gasteiger partial charge in [0.25, 0.3) is 0 Å². The molecule has 6 nitrogen and oxygen atoms in total. The van der Waals surface area contributed by atoms with Gasteiger partial charge in [-0.05, 0) is 25.7 Å². The van der Waals surface area contributed by atoms with Crippen molar-refractivity contribution in [1.29, 1.82) is 0 Å². The van der Waals surface area contributed by atoms with E-state index in [1.165, 1.54) is 32.1 Å². The molecule has 0 saturated heterocycles. The first-order valence-corrected chi connectivity index (χ1v) is 7.09. The monoisotopic (exact) mass is 265 g/mol. The largest absolute Gasteiger partial charge is 0.467 e. The van der Waals surface area contributed by atoms with E-state index in [0.717, 1.165) is 19.0 Å². The standard InChI is InChI=1S/C13H23N5O/c1-3-14-11-16-12(18-13(17-11)19-2)15-9-10-7-5-4-6-8-10/h10H,3-9H2,1-2H3,(H2,14,15,16,17,18). The van der Waals surface area contributed by atoms with Crippen LogP contribution in [0.4, 0.5) is 11.9 Å². The van der Waals surface area contributed by atoms with Crippen LogP contribution in [0.25, 0.3) is 0 Å². The normalized spacial score (nSPS) is 16.1. The van der Waals surface area contributed by atoms with Crippen LogP contribution < -0.4 is 15.4 Å². The molecule has 1 aromatic heterocycles. The van der Waals surface area contributed by atoms with E-state index in [0.29, 0.717) is 17.9 Å². The predicted molar refractivity (Wildman–Crippen MR) is 75.6 cm³/mol. The van der Waals surface area contributed by atoms with Crippen LogP contribution >= 0.6 is 0 Å². The van der Waals surface area contributed by atoms with Gasteiger partial charge in [-0.3, -0.25) is 0 Å². The third-order valence-corrected chi connectivity index (χ3v) is 3.41. The molecule has 1 heterocycles. The summed E-state index contributed by atoms with van der Waals surface area (Å²) in [6.07, 6.45) is 6.66. The van der Waals surface area contributed by atoms with Crippen LogP contribution in [0, 0.1) is 5.92 Å². The molecule has 2 rings (SSSR count). The SMILES string of the molecule is CCNc1nc(NCC2CCCCC2)nc(OC)n1. The van der Waals surface area contributed by atoms with Gasteiger partial charge in [-0.25, -0.2) is 0 Å². The molecule has 6 heteroatoms. The molecule has 0 aromatic carbocycles. The first-order chi connectivity index (χ1) is 9.31. The van der Waals surface area contributed by atoms with Crippen LogP contribution in [0.5, 0.6) is 6.01 Å². The summed E-state index contributed by atoms with van der Waals surface area (Å²) in [4.78, 5) is 12.7. The minimum atomic E-state index is 0.345. The number of ether oxygens (including phenoxy) is 1. The highest BCUT2D eigenvalue weighted by molar-refractivity contribution is 5.35. The zero-order valence-electron chi connectivity index (χ0n) is 11.8. The first kappa shape index (κ1) is 13.8. The van der Waals surface area contributed by atoms with Gasteiger partial charge >= 0.3 is 6.01 Å². The van der Waals surface area contributed by atoms with Gasteiger partial charge < -0.3 is 15.4 Å². The molecular weight excluding hydrogens is 242 g/mol. The lowest BCUT2D eigenvalue weighted by atomic mass is 9.89. The van der Waals surface area contributed by atoms with Crippen molar-refractivity contribution < 1.29 is 4.74 Å². The molecule has 2 N–H and O–H groups in total. The van der Waals surface area contributed by atoms with Crippen molar-refractivity contribution in [1.82, 2.24) is 15.0 Å². The van der Waals surface area contributed by atoms with Crippen LogP contribution in [0.2, 0.25) is 0 Å². The Hall–Kier alpha value is -1.59. The van der Waals surface area contributed by atoms with Crippen molar-refractivity contribution in [2.45, 2.75) is 39.0 Å². The van der Waals surface area contributed by atoms with E-state index in [4.69, 9.17) is 4.74 Å². The fraction of sp³-hybridized carbons (Fsp3) is 0.769. The maximum absolute atomic E-state index is 5.09. The fourth-order valence-corrected chi connectivity index (χ4v) is 2.39. The van der Waals surface area contributed by atoms with E-state index in [2.05, 4.69) is 25.6 Å². The summed E-state index contributed by atoms with van der Waals surface area (Å²) in [5, 5.41) is 6.38. The van der Waals surface area contributed by atoms with Crippen LogP contribution in [0.3, 0.4) is 0 Å². The van der Waals surface area contributed by atoms with Gasteiger partial charge in [0.1, 0.15) is 0 Å². The number of hydrogen-bond donors (Lipinski definition) is 2. The molecule has 0 radical (unpaired) electrons. The Bertz CT molecular complexity index is 393. The smallest absolute Gasteiger partial charge is 0.322 e. The first-order valence-electron chi connectivity index (χ1n) is 7.09. The van der Waals surface area contributed by atoms with Gasteiger partial charge in [0, 0.05) is 13.1 Å². The van der Waals surface area contributed by atoms with Crippen molar-refractivity contribution in [2.75, 3.05) is 30.8 Å². The van der Waals surface area contributed by atoms with Crippen LogP contribution in [-0.2, 0) is 0 Å². The quantitative estimate of drug-likeness (QED) is 0.822. The van der Waals surface area contributed by atoms with Crippen molar-refractivity contribution >= 4 is 11.9 Å². The third kappa shape index (κ3) is 4.22. The Morgan fingerprint density at radius 1 is 1.05 bits per heavy atom. The Morgan fingerprint density at radius 2 is 1.74 bits per heavy atom. The molecule has 0 atom stereocenters. The average Bonchev–Trinajstić information content (AvgIpc) is 2.46. The molecule has 1 fully saturated rings. The Balaban J connectivity index is 1.95. The second-order valence-electron chi connectivity index (χ2n) is 4.88. The summed E-state index contributed by atoms with van der Waals surface area (Å²) in [5.74, 6) is 1.88. The highest BCUT2D eigenvalue weighted by Gasteiger charge is 2.14. The lowest BCUT2D eigenvalue weighted by Gasteiger charge is -2.21. The second kappa shape index (κ2) is 7.11. The molecule has 1 aromatic rings. The molecule has 19 heavy (non-hydrogen) atoms. The number of nitrogens with zero attached hydrogens (tertiary/aromatic N) is 3. The molecule has 106 valence electrons. The molecule has 1 aliphatic carbocycles. The zero-order valence-corrected chi connectivity index (χ0v) is 11.8. The number of hydrogen-bond acceptors (Lipinski definition) is 6. The summed E-state index contributed by atoms with van der Waals surface area (Å²) >= 11 is 0. The average molecular weight is 265 g/mol. The number of rotatable bonds is 6. The lowest BCUT2D eigenvalue weighted by Crippen LogP contribution is -2.19. The molecule has 0 amide bonds. The molecule has 1 saturated carbocycles. The van der Waals surface area contributed by atoms with E-state index in [-0.39, 0.29) is 0 Å². The maximum atomic E-state index is 5.09. The van der Waals surface area contributed by atoms with Gasteiger partial charge in [0.15, 0.2) is 0 Å². The fourth-order valence-electron chi connectivity index (χ4n) is 2.39. The van der Waals surface area contributed by atoms with Crippen molar-refractivity contribution in [3.8, 4) is 6.01 Å². The lowest BCUT2D eigenvalue weighted by molar-refractivity contribution is 0.370. The van der Waals surface area contributed by atoms with Crippen LogP contribution in [0.1, 0.15) is 39.0 Å². The topological polar surface area (TPSA) is 72.0 Å². The third-order valence-electron chi connectivity index (χ3n) is 3.41.